The zero-order chi connectivity index (χ0) is 26.9. The summed E-state index contributed by atoms with van der Waals surface area (Å²) in [6.45, 7) is -0.273. The summed E-state index contributed by atoms with van der Waals surface area (Å²) in [4.78, 5) is 52.2. The number of likely N-dealkylation sites (tertiary alicyclic amines) is 1. The van der Waals surface area contributed by atoms with Gasteiger partial charge in [0.2, 0.25) is 17.7 Å². The number of benzene rings is 2. The molecule has 1 fully saturated rings. The summed E-state index contributed by atoms with van der Waals surface area (Å²) in [6, 6.07) is 10.5. The van der Waals surface area contributed by atoms with Crippen molar-refractivity contribution in [3.05, 3.63) is 65.7 Å². The maximum absolute atomic E-state index is 13.3. The summed E-state index contributed by atoms with van der Waals surface area (Å²) in [5.41, 5.74) is 6.99. The first kappa shape index (κ1) is 27.6. The number of carboxylic acids is 1. The highest BCUT2D eigenvalue weighted by atomic mass is 16.4. The van der Waals surface area contributed by atoms with E-state index in [2.05, 4.69) is 10.6 Å². The van der Waals surface area contributed by atoms with Crippen molar-refractivity contribution in [3.63, 3.8) is 0 Å². The summed E-state index contributed by atoms with van der Waals surface area (Å²) in [6.07, 6.45) is 0.974. The van der Waals surface area contributed by atoms with E-state index in [1.807, 2.05) is 0 Å². The minimum absolute atomic E-state index is 0.0202. The van der Waals surface area contributed by atoms with Crippen LogP contribution in [-0.2, 0) is 32.0 Å². The third-order valence-corrected chi connectivity index (χ3v) is 6.26. The van der Waals surface area contributed by atoms with Gasteiger partial charge < -0.3 is 36.6 Å². The number of hydrogen-bond acceptors (Lipinski definition) is 7. The molecule has 1 saturated heterocycles. The number of phenols is 1. The average molecular weight is 513 g/mol. The van der Waals surface area contributed by atoms with Gasteiger partial charge in [0.15, 0.2) is 0 Å². The molecule has 3 rings (SSSR count). The summed E-state index contributed by atoms with van der Waals surface area (Å²) in [5, 5.41) is 33.7. The Morgan fingerprint density at radius 2 is 1.57 bits per heavy atom. The van der Waals surface area contributed by atoms with E-state index in [0.717, 1.165) is 5.56 Å². The highest BCUT2D eigenvalue weighted by Crippen LogP contribution is 2.19. The first-order valence-corrected chi connectivity index (χ1v) is 12.0. The van der Waals surface area contributed by atoms with E-state index in [4.69, 9.17) is 5.73 Å². The smallest absolute Gasteiger partial charge is 0.326 e. The van der Waals surface area contributed by atoms with Crippen LogP contribution in [0.5, 0.6) is 5.75 Å². The lowest BCUT2D eigenvalue weighted by atomic mass is 10.0. The number of aromatic hydroxyl groups is 1. The fourth-order valence-corrected chi connectivity index (χ4v) is 4.26. The molecule has 4 atom stereocenters. The number of carbonyl (C=O) groups is 4. The molecule has 0 radical (unpaired) electrons. The Hall–Kier alpha value is -3.96. The van der Waals surface area contributed by atoms with Gasteiger partial charge in [-0.1, -0.05) is 42.5 Å². The summed E-state index contributed by atoms with van der Waals surface area (Å²) in [5.74, 6) is -3.04. The molecule has 0 saturated carbocycles. The van der Waals surface area contributed by atoms with Gasteiger partial charge in [-0.25, -0.2) is 4.79 Å². The largest absolute Gasteiger partial charge is 0.508 e. The van der Waals surface area contributed by atoms with Crippen LogP contribution in [0.4, 0.5) is 0 Å². The Balaban J connectivity index is 1.78. The molecule has 11 nitrogen and oxygen atoms in total. The molecule has 0 bridgehead atoms. The van der Waals surface area contributed by atoms with Crippen molar-refractivity contribution in [3.8, 4) is 5.75 Å². The number of carboxylic acid groups (broad SMARTS) is 1. The second-order valence-electron chi connectivity index (χ2n) is 9.00. The normalized spacial score (nSPS) is 17.5. The number of carbonyl (C=O) groups excluding carboxylic acids is 3. The van der Waals surface area contributed by atoms with E-state index in [1.54, 1.807) is 42.5 Å². The van der Waals surface area contributed by atoms with Gasteiger partial charge in [-0.15, -0.1) is 0 Å². The number of aliphatic hydroxyl groups excluding tert-OH is 1. The number of rotatable bonds is 11. The molecule has 3 amide bonds. The van der Waals surface area contributed by atoms with Crippen molar-refractivity contribution in [1.29, 1.82) is 0 Å². The fraction of sp³-hybridized carbons (Fsp3) is 0.385. The Labute approximate surface area is 214 Å². The van der Waals surface area contributed by atoms with Crippen LogP contribution in [0.15, 0.2) is 54.6 Å². The van der Waals surface area contributed by atoms with Crippen LogP contribution in [0.3, 0.4) is 0 Å². The minimum atomic E-state index is -1.23. The Kier molecular flexibility index (Phi) is 9.58. The quantitative estimate of drug-likeness (QED) is 0.234. The van der Waals surface area contributed by atoms with Gasteiger partial charge in [0, 0.05) is 19.4 Å². The van der Waals surface area contributed by atoms with Crippen molar-refractivity contribution in [2.45, 2.75) is 49.9 Å². The van der Waals surface area contributed by atoms with E-state index < -0.39 is 54.5 Å². The SMILES string of the molecule is NC(CO)C(=O)N1CCCC1C(=O)NC(Cc1ccc(O)cc1)C(=O)NC(Cc1ccccc1)C(=O)O. The predicted octanol–water partition coefficient (Wildman–Crippen LogP) is -0.458. The number of aliphatic hydroxyl groups is 1. The third-order valence-electron chi connectivity index (χ3n) is 6.26. The zero-order valence-electron chi connectivity index (χ0n) is 20.2. The lowest BCUT2D eigenvalue weighted by molar-refractivity contribution is -0.143. The van der Waals surface area contributed by atoms with Gasteiger partial charge in [0.1, 0.15) is 29.9 Å². The molecule has 11 heteroatoms. The van der Waals surface area contributed by atoms with E-state index in [9.17, 15) is 34.5 Å². The zero-order valence-corrected chi connectivity index (χ0v) is 20.2. The molecule has 7 N–H and O–H groups in total. The molecular weight excluding hydrogens is 480 g/mol. The van der Waals surface area contributed by atoms with E-state index in [0.29, 0.717) is 18.4 Å². The summed E-state index contributed by atoms with van der Waals surface area (Å²) < 4.78 is 0. The lowest BCUT2D eigenvalue weighted by Gasteiger charge is -2.28. The molecule has 4 unspecified atom stereocenters. The number of hydrogen-bond donors (Lipinski definition) is 6. The van der Waals surface area contributed by atoms with Crippen LogP contribution in [0, 0.1) is 0 Å². The molecule has 198 valence electrons. The number of amides is 3. The van der Waals surface area contributed by atoms with Gasteiger partial charge >= 0.3 is 5.97 Å². The molecule has 1 aliphatic heterocycles. The van der Waals surface area contributed by atoms with Gasteiger partial charge in [0.05, 0.1) is 6.61 Å². The lowest BCUT2D eigenvalue weighted by Crippen LogP contribution is -2.57. The standard InChI is InChI=1S/C26H32N4O7/c27-19(15-31)25(35)30-12-4-7-22(30)24(34)28-20(13-17-8-10-18(32)11-9-17)23(33)29-21(26(36)37)14-16-5-2-1-3-6-16/h1-3,5-6,8-11,19-22,31-32H,4,7,12-15,27H2,(H,28,34)(H,29,33)(H,36,37). The van der Waals surface area contributed by atoms with E-state index in [1.165, 1.54) is 17.0 Å². The van der Waals surface area contributed by atoms with E-state index in [-0.39, 0.29) is 25.1 Å². The molecular formula is C26H32N4O7. The number of nitrogens with one attached hydrogen (secondary N) is 2. The molecule has 0 aliphatic carbocycles. The third kappa shape index (κ3) is 7.51. The Morgan fingerprint density at radius 3 is 2.19 bits per heavy atom. The Bertz CT molecular complexity index is 1090. The molecule has 0 aromatic heterocycles. The van der Waals surface area contributed by atoms with Crippen LogP contribution in [0.1, 0.15) is 24.0 Å². The van der Waals surface area contributed by atoms with Crippen LogP contribution in [0.25, 0.3) is 0 Å². The maximum Gasteiger partial charge on any atom is 0.326 e. The van der Waals surface area contributed by atoms with Gasteiger partial charge in [-0.3, -0.25) is 14.4 Å². The van der Waals surface area contributed by atoms with Crippen molar-refractivity contribution in [1.82, 2.24) is 15.5 Å². The second kappa shape index (κ2) is 12.8. The predicted molar refractivity (Wildman–Crippen MR) is 133 cm³/mol. The van der Waals surface area contributed by atoms with Gasteiger partial charge in [-0.05, 0) is 36.1 Å². The fourth-order valence-electron chi connectivity index (χ4n) is 4.26. The average Bonchev–Trinajstić information content (AvgIpc) is 3.39. The molecule has 1 heterocycles. The highest BCUT2D eigenvalue weighted by molar-refractivity contribution is 5.94. The van der Waals surface area contributed by atoms with Crippen molar-refractivity contribution >= 4 is 23.7 Å². The summed E-state index contributed by atoms with van der Waals surface area (Å²) in [7, 11) is 0. The molecule has 2 aromatic rings. The number of nitrogens with zero attached hydrogens (tertiary/aromatic N) is 1. The number of nitrogens with two attached hydrogens (primary N) is 1. The topological polar surface area (TPSA) is 182 Å². The van der Waals surface area contributed by atoms with Crippen LogP contribution in [-0.4, -0.2) is 81.2 Å². The van der Waals surface area contributed by atoms with Crippen LogP contribution < -0.4 is 16.4 Å². The number of aliphatic carboxylic acids is 1. The molecule has 37 heavy (non-hydrogen) atoms. The highest BCUT2D eigenvalue weighted by Gasteiger charge is 2.38. The van der Waals surface area contributed by atoms with Gasteiger partial charge in [-0.2, -0.15) is 0 Å². The first-order valence-electron chi connectivity index (χ1n) is 12.0. The van der Waals surface area contributed by atoms with Crippen molar-refractivity contribution in [2.75, 3.05) is 13.2 Å². The second-order valence-corrected chi connectivity index (χ2v) is 9.00. The van der Waals surface area contributed by atoms with E-state index >= 15 is 0 Å². The van der Waals surface area contributed by atoms with Gasteiger partial charge in [0.25, 0.3) is 0 Å². The van der Waals surface area contributed by atoms with Crippen LogP contribution in [0.2, 0.25) is 0 Å². The molecule has 2 aromatic carbocycles. The van der Waals surface area contributed by atoms with Crippen LogP contribution >= 0.6 is 0 Å². The molecule has 1 aliphatic rings. The summed E-state index contributed by atoms with van der Waals surface area (Å²) >= 11 is 0. The monoisotopic (exact) mass is 512 g/mol. The van der Waals surface area contributed by atoms with Crippen molar-refractivity contribution < 1.29 is 34.5 Å². The minimum Gasteiger partial charge on any atom is -0.508 e. The Morgan fingerprint density at radius 1 is 0.946 bits per heavy atom. The maximum atomic E-state index is 13.3. The number of phenolic OH excluding ortho intramolecular Hbond substituents is 1. The first-order chi connectivity index (χ1) is 17.7. The molecule has 0 spiro atoms. The van der Waals surface area contributed by atoms with Crippen molar-refractivity contribution in [2.24, 2.45) is 5.73 Å².